The minimum atomic E-state index is -0.155. The van der Waals surface area contributed by atoms with Gasteiger partial charge in [-0.15, -0.1) is 10.2 Å². The number of carbonyl (C=O) groups is 1. The van der Waals surface area contributed by atoms with E-state index in [1.165, 1.54) is 12.8 Å². The van der Waals surface area contributed by atoms with Crippen molar-refractivity contribution in [2.24, 2.45) is 0 Å². The van der Waals surface area contributed by atoms with Crippen molar-refractivity contribution < 1.29 is 9.53 Å². The van der Waals surface area contributed by atoms with Gasteiger partial charge in [0.2, 0.25) is 5.88 Å². The molecule has 7 nitrogen and oxygen atoms in total. The standard InChI is InChI=1S/C16H19N5O2/c1-23-15-8-7-14(18-19-15)17-16(22)21-11-9-20(10-12-21)13-5-3-2-4-6-13/h2-8H,9-12H2,1H3,(H,17,18,22). The number of benzene rings is 1. The van der Waals surface area contributed by atoms with Crippen molar-refractivity contribution in [2.45, 2.75) is 0 Å². The molecule has 0 aliphatic carbocycles. The number of piperazine rings is 1. The topological polar surface area (TPSA) is 70.6 Å². The van der Waals surface area contributed by atoms with Gasteiger partial charge in [-0.25, -0.2) is 4.79 Å². The van der Waals surface area contributed by atoms with Gasteiger partial charge in [0.25, 0.3) is 0 Å². The van der Waals surface area contributed by atoms with Gasteiger partial charge in [0.1, 0.15) is 0 Å². The zero-order chi connectivity index (χ0) is 16.1. The fraction of sp³-hybridized carbons (Fsp3) is 0.312. The maximum atomic E-state index is 12.3. The number of carbonyl (C=O) groups excluding carboxylic acids is 1. The van der Waals surface area contributed by atoms with Gasteiger partial charge >= 0.3 is 6.03 Å². The largest absolute Gasteiger partial charge is 0.480 e. The van der Waals surface area contributed by atoms with Crippen LogP contribution in [0.15, 0.2) is 42.5 Å². The highest BCUT2D eigenvalue weighted by Crippen LogP contribution is 2.16. The second kappa shape index (κ2) is 6.95. The first kappa shape index (κ1) is 15.1. The third kappa shape index (κ3) is 3.68. The molecule has 0 saturated carbocycles. The summed E-state index contributed by atoms with van der Waals surface area (Å²) < 4.78 is 4.94. The molecule has 23 heavy (non-hydrogen) atoms. The number of para-hydroxylation sites is 1. The maximum absolute atomic E-state index is 12.3. The number of nitrogens with zero attached hydrogens (tertiary/aromatic N) is 4. The van der Waals surface area contributed by atoms with Crippen LogP contribution in [0.1, 0.15) is 0 Å². The van der Waals surface area contributed by atoms with Crippen LogP contribution in [0.3, 0.4) is 0 Å². The molecule has 1 aliphatic rings. The van der Waals surface area contributed by atoms with Crippen LogP contribution in [0.5, 0.6) is 5.88 Å². The SMILES string of the molecule is COc1ccc(NC(=O)N2CCN(c3ccccc3)CC2)nn1. The Labute approximate surface area is 134 Å². The number of anilines is 2. The summed E-state index contributed by atoms with van der Waals surface area (Å²) in [5.74, 6) is 0.834. The monoisotopic (exact) mass is 313 g/mol. The van der Waals surface area contributed by atoms with Crippen molar-refractivity contribution in [1.29, 1.82) is 0 Å². The third-order valence-corrected chi connectivity index (χ3v) is 3.77. The third-order valence-electron chi connectivity index (χ3n) is 3.77. The van der Waals surface area contributed by atoms with Gasteiger partial charge in [-0.2, -0.15) is 0 Å². The molecule has 1 aliphatic heterocycles. The van der Waals surface area contributed by atoms with Crippen LogP contribution in [0.4, 0.5) is 16.3 Å². The Morgan fingerprint density at radius 3 is 2.39 bits per heavy atom. The predicted octanol–water partition coefficient (Wildman–Crippen LogP) is 1.84. The summed E-state index contributed by atoms with van der Waals surface area (Å²) >= 11 is 0. The average Bonchev–Trinajstić information content (AvgIpc) is 2.63. The molecule has 1 fully saturated rings. The molecule has 1 aromatic carbocycles. The van der Waals surface area contributed by atoms with Crippen LogP contribution in [-0.4, -0.2) is 54.4 Å². The number of rotatable bonds is 3. The van der Waals surface area contributed by atoms with Gasteiger partial charge in [0.15, 0.2) is 5.82 Å². The molecule has 1 aromatic heterocycles. The van der Waals surface area contributed by atoms with Gasteiger partial charge in [-0.05, 0) is 18.2 Å². The number of ether oxygens (including phenoxy) is 1. The van der Waals surface area contributed by atoms with E-state index in [0.29, 0.717) is 24.8 Å². The zero-order valence-electron chi connectivity index (χ0n) is 13.0. The lowest BCUT2D eigenvalue weighted by atomic mass is 10.2. The van der Waals surface area contributed by atoms with Crippen LogP contribution in [0, 0.1) is 0 Å². The van der Waals surface area contributed by atoms with Crippen molar-refractivity contribution in [3.63, 3.8) is 0 Å². The highest BCUT2D eigenvalue weighted by molar-refractivity contribution is 5.88. The van der Waals surface area contributed by atoms with Gasteiger partial charge < -0.3 is 14.5 Å². The van der Waals surface area contributed by atoms with Crippen LogP contribution >= 0.6 is 0 Å². The van der Waals surface area contributed by atoms with Gasteiger partial charge in [0.05, 0.1) is 7.11 Å². The molecule has 7 heteroatoms. The molecular formula is C16H19N5O2. The Morgan fingerprint density at radius 1 is 1.04 bits per heavy atom. The predicted molar refractivity (Wildman–Crippen MR) is 87.8 cm³/mol. The zero-order valence-corrected chi connectivity index (χ0v) is 13.0. The van der Waals surface area contributed by atoms with Crippen molar-refractivity contribution >= 4 is 17.5 Å². The molecule has 0 atom stereocenters. The highest BCUT2D eigenvalue weighted by Gasteiger charge is 2.21. The van der Waals surface area contributed by atoms with Gasteiger partial charge in [-0.1, -0.05) is 18.2 Å². The molecule has 1 N–H and O–H groups in total. The van der Waals surface area contributed by atoms with Crippen LogP contribution < -0.4 is 15.0 Å². The van der Waals surface area contributed by atoms with Crippen LogP contribution in [0.2, 0.25) is 0 Å². The summed E-state index contributed by atoms with van der Waals surface area (Å²) in [7, 11) is 1.52. The van der Waals surface area contributed by atoms with Gasteiger partial charge in [0, 0.05) is 37.9 Å². The van der Waals surface area contributed by atoms with Crippen LogP contribution in [-0.2, 0) is 0 Å². The summed E-state index contributed by atoms with van der Waals surface area (Å²) in [6, 6.07) is 13.4. The van der Waals surface area contributed by atoms with Crippen LogP contribution in [0.25, 0.3) is 0 Å². The fourth-order valence-electron chi connectivity index (χ4n) is 2.49. The Hall–Kier alpha value is -2.83. The Morgan fingerprint density at radius 2 is 1.78 bits per heavy atom. The first-order valence-corrected chi connectivity index (χ1v) is 7.50. The average molecular weight is 313 g/mol. The molecule has 3 rings (SSSR count). The molecule has 0 unspecified atom stereocenters. The van der Waals surface area contributed by atoms with E-state index in [2.05, 4.69) is 32.5 Å². The Bertz CT molecular complexity index is 639. The summed E-state index contributed by atoms with van der Waals surface area (Å²) in [5.41, 5.74) is 1.19. The number of hydrogen-bond donors (Lipinski definition) is 1. The van der Waals surface area contributed by atoms with Crippen molar-refractivity contribution in [2.75, 3.05) is 43.5 Å². The number of nitrogens with one attached hydrogen (secondary N) is 1. The Balaban J connectivity index is 1.53. The van der Waals surface area contributed by atoms with E-state index in [-0.39, 0.29) is 6.03 Å². The normalized spacial score (nSPS) is 14.5. The van der Waals surface area contributed by atoms with E-state index in [1.807, 2.05) is 18.2 Å². The van der Waals surface area contributed by atoms with Crippen molar-refractivity contribution in [1.82, 2.24) is 15.1 Å². The molecule has 1 saturated heterocycles. The van der Waals surface area contributed by atoms with E-state index in [0.717, 1.165) is 13.1 Å². The minimum Gasteiger partial charge on any atom is -0.480 e. The van der Waals surface area contributed by atoms with E-state index < -0.39 is 0 Å². The number of methoxy groups -OCH3 is 1. The Kier molecular flexibility index (Phi) is 4.56. The molecule has 0 radical (unpaired) electrons. The van der Waals surface area contributed by atoms with E-state index >= 15 is 0 Å². The lowest BCUT2D eigenvalue weighted by molar-refractivity contribution is 0.208. The number of urea groups is 1. The lowest BCUT2D eigenvalue weighted by Crippen LogP contribution is -2.50. The van der Waals surface area contributed by atoms with Gasteiger partial charge in [-0.3, -0.25) is 5.32 Å². The number of hydrogen-bond acceptors (Lipinski definition) is 5. The first-order valence-electron chi connectivity index (χ1n) is 7.50. The molecule has 2 heterocycles. The molecule has 2 amide bonds. The van der Waals surface area contributed by atoms with E-state index in [9.17, 15) is 4.79 Å². The molecular weight excluding hydrogens is 294 g/mol. The molecule has 0 spiro atoms. The molecule has 0 bridgehead atoms. The molecule has 2 aromatic rings. The quantitative estimate of drug-likeness (QED) is 0.936. The summed E-state index contributed by atoms with van der Waals surface area (Å²) in [4.78, 5) is 16.3. The first-order chi connectivity index (χ1) is 11.3. The number of amides is 2. The van der Waals surface area contributed by atoms with Crippen molar-refractivity contribution in [3.05, 3.63) is 42.5 Å². The highest BCUT2D eigenvalue weighted by atomic mass is 16.5. The number of aromatic nitrogens is 2. The van der Waals surface area contributed by atoms with E-state index in [1.54, 1.807) is 17.0 Å². The molecule has 120 valence electrons. The minimum absolute atomic E-state index is 0.155. The summed E-state index contributed by atoms with van der Waals surface area (Å²) in [6.45, 7) is 2.96. The van der Waals surface area contributed by atoms with E-state index in [4.69, 9.17) is 4.74 Å². The summed E-state index contributed by atoms with van der Waals surface area (Å²) in [6.07, 6.45) is 0. The fourth-order valence-corrected chi connectivity index (χ4v) is 2.49. The second-order valence-electron chi connectivity index (χ2n) is 5.20. The lowest BCUT2D eigenvalue weighted by Gasteiger charge is -2.35. The van der Waals surface area contributed by atoms with Crippen molar-refractivity contribution in [3.8, 4) is 5.88 Å². The summed E-state index contributed by atoms with van der Waals surface area (Å²) in [5, 5.41) is 10.5. The second-order valence-corrected chi connectivity index (χ2v) is 5.20. The maximum Gasteiger partial charge on any atom is 0.323 e. The smallest absolute Gasteiger partial charge is 0.323 e.